The van der Waals surface area contributed by atoms with E-state index in [1.807, 2.05) is 6.92 Å². The van der Waals surface area contributed by atoms with Crippen molar-refractivity contribution < 1.29 is 9.59 Å². The summed E-state index contributed by atoms with van der Waals surface area (Å²) in [6, 6.07) is 6.98. The van der Waals surface area contributed by atoms with Gasteiger partial charge in [0.05, 0.1) is 0 Å². The maximum atomic E-state index is 12.1. The summed E-state index contributed by atoms with van der Waals surface area (Å²) in [5.74, 6) is -0.0306. The number of nitrogens with one attached hydrogen (secondary N) is 3. The molecule has 6 heteroatoms. The summed E-state index contributed by atoms with van der Waals surface area (Å²) in [7, 11) is 0. The number of rotatable bonds is 4. The zero-order valence-electron chi connectivity index (χ0n) is 13.4. The normalized spacial score (nSPS) is 14.8. The monoisotopic (exact) mass is 333 g/mol. The molecular formula is C17H23N3O2S. The molecule has 0 aromatic heterocycles. The van der Waals surface area contributed by atoms with Gasteiger partial charge < -0.3 is 16.0 Å². The summed E-state index contributed by atoms with van der Waals surface area (Å²) in [5, 5.41) is 8.78. The van der Waals surface area contributed by atoms with E-state index in [1.54, 1.807) is 24.3 Å². The van der Waals surface area contributed by atoms with Crippen LogP contribution in [0.25, 0.3) is 0 Å². The van der Waals surface area contributed by atoms with Crippen LogP contribution in [0.3, 0.4) is 0 Å². The van der Waals surface area contributed by atoms with Gasteiger partial charge in [0.25, 0.3) is 5.91 Å². The Balaban J connectivity index is 1.85. The van der Waals surface area contributed by atoms with Crippen molar-refractivity contribution in [3.05, 3.63) is 29.8 Å². The molecule has 1 aromatic rings. The first-order chi connectivity index (χ1) is 11.1. The maximum Gasteiger partial charge on any atom is 0.251 e. The predicted molar refractivity (Wildman–Crippen MR) is 95.4 cm³/mol. The van der Waals surface area contributed by atoms with E-state index in [2.05, 4.69) is 16.0 Å². The van der Waals surface area contributed by atoms with Gasteiger partial charge in [-0.05, 0) is 56.2 Å². The number of thiocarbonyl (C=S) groups is 1. The van der Waals surface area contributed by atoms with E-state index in [1.165, 1.54) is 6.42 Å². The van der Waals surface area contributed by atoms with Crippen LogP contribution in [0.1, 0.15) is 49.4 Å². The minimum atomic E-state index is -0.104. The Labute approximate surface area is 142 Å². The van der Waals surface area contributed by atoms with E-state index >= 15 is 0 Å². The lowest BCUT2D eigenvalue weighted by Crippen LogP contribution is -2.39. The van der Waals surface area contributed by atoms with Gasteiger partial charge in [0.15, 0.2) is 5.11 Å². The number of amides is 2. The smallest absolute Gasteiger partial charge is 0.251 e. The van der Waals surface area contributed by atoms with Crippen LogP contribution in [0.4, 0.5) is 5.69 Å². The third-order valence-electron chi connectivity index (χ3n) is 3.95. The summed E-state index contributed by atoms with van der Waals surface area (Å²) in [6.07, 6.45) is 5.31. The molecule has 0 atom stereocenters. The summed E-state index contributed by atoms with van der Waals surface area (Å²) in [4.78, 5) is 23.8. The second kappa shape index (κ2) is 8.62. The lowest BCUT2D eigenvalue weighted by Gasteiger charge is -2.21. The van der Waals surface area contributed by atoms with Crippen molar-refractivity contribution in [3.63, 3.8) is 0 Å². The molecular weight excluding hydrogens is 310 g/mol. The Bertz CT molecular complexity index is 566. The summed E-state index contributed by atoms with van der Waals surface area (Å²) >= 11 is 5.19. The van der Waals surface area contributed by atoms with Gasteiger partial charge in [-0.2, -0.15) is 0 Å². The Hall–Kier alpha value is -1.95. The molecule has 0 heterocycles. The van der Waals surface area contributed by atoms with Crippen LogP contribution in [-0.2, 0) is 4.79 Å². The van der Waals surface area contributed by atoms with Crippen molar-refractivity contribution in [1.82, 2.24) is 10.6 Å². The van der Waals surface area contributed by atoms with Crippen LogP contribution in [0.2, 0.25) is 0 Å². The molecule has 1 fully saturated rings. The zero-order chi connectivity index (χ0) is 16.7. The molecule has 23 heavy (non-hydrogen) atoms. The van der Waals surface area contributed by atoms with E-state index < -0.39 is 0 Å². The molecule has 0 radical (unpaired) electrons. The van der Waals surface area contributed by atoms with Gasteiger partial charge in [0.1, 0.15) is 0 Å². The number of benzene rings is 1. The summed E-state index contributed by atoms with van der Waals surface area (Å²) < 4.78 is 0. The van der Waals surface area contributed by atoms with Gasteiger partial charge in [-0.15, -0.1) is 0 Å². The summed E-state index contributed by atoms with van der Waals surface area (Å²) in [5.41, 5.74) is 1.33. The molecule has 1 aliphatic carbocycles. The van der Waals surface area contributed by atoms with Crippen LogP contribution in [-0.4, -0.2) is 23.5 Å². The Kier molecular flexibility index (Phi) is 6.52. The van der Waals surface area contributed by atoms with E-state index in [0.717, 1.165) is 31.4 Å². The topological polar surface area (TPSA) is 70.2 Å². The first-order valence-electron chi connectivity index (χ1n) is 8.10. The average molecular weight is 333 g/mol. The van der Waals surface area contributed by atoms with E-state index in [9.17, 15) is 9.59 Å². The zero-order valence-corrected chi connectivity index (χ0v) is 14.2. The van der Waals surface area contributed by atoms with Crippen LogP contribution in [0, 0.1) is 5.92 Å². The van der Waals surface area contributed by atoms with Gasteiger partial charge in [0.2, 0.25) is 5.91 Å². The van der Waals surface area contributed by atoms with Gasteiger partial charge in [-0.1, -0.05) is 19.3 Å². The highest BCUT2D eigenvalue weighted by molar-refractivity contribution is 7.80. The summed E-state index contributed by atoms with van der Waals surface area (Å²) in [6.45, 7) is 2.47. The quantitative estimate of drug-likeness (QED) is 0.741. The second-order valence-electron chi connectivity index (χ2n) is 5.72. The predicted octanol–water partition coefficient (Wildman–Crippen LogP) is 2.83. The fourth-order valence-corrected chi connectivity index (χ4v) is 2.93. The number of carbonyl (C=O) groups excluding carboxylic acids is 2. The molecule has 2 amide bonds. The van der Waals surface area contributed by atoms with Crippen molar-refractivity contribution in [2.45, 2.75) is 39.0 Å². The van der Waals surface area contributed by atoms with Crippen LogP contribution in [0.15, 0.2) is 24.3 Å². The Morgan fingerprint density at radius 2 is 1.78 bits per heavy atom. The number of anilines is 1. The first kappa shape index (κ1) is 17.4. The maximum absolute atomic E-state index is 12.1. The Morgan fingerprint density at radius 3 is 2.39 bits per heavy atom. The molecule has 0 saturated heterocycles. The number of hydrogen-bond donors (Lipinski definition) is 3. The van der Waals surface area contributed by atoms with Crippen molar-refractivity contribution in [2.75, 3.05) is 11.9 Å². The molecule has 0 unspecified atom stereocenters. The molecule has 1 aliphatic rings. The van der Waals surface area contributed by atoms with Crippen LogP contribution < -0.4 is 16.0 Å². The lowest BCUT2D eigenvalue weighted by atomic mass is 9.89. The van der Waals surface area contributed by atoms with E-state index in [4.69, 9.17) is 12.2 Å². The van der Waals surface area contributed by atoms with Gasteiger partial charge in [-0.3, -0.25) is 9.59 Å². The number of hydrogen-bond acceptors (Lipinski definition) is 3. The third-order valence-corrected chi connectivity index (χ3v) is 4.16. The highest BCUT2D eigenvalue weighted by atomic mass is 32.1. The van der Waals surface area contributed by atoms with E-state index in [0.29, 0.717) is 17.2 Å². The fraction of sp³-hybridized carbons (Fsp3) is 0.471. The SMILES string of the molecule is CCNC(=O)c1ccc(NC(=S)NC(=O)C2CCCCC2)cc1. The van der Waals surface area contributed by atoms with Crippen molar-refractivity contribution >= 4 is 34.8 Å². The van der Waals surface area contributed by atoms with Gasteiger partial charge >= 0.3 is 0 Å². The molecule has 3 N–H and O–H groups in total. The highest BCUT2D eigenvalue weighted by Gasteiger charge is 2.21. The fourth-order valence-electron chi connectivity index (χ4n) is 2.71. The first-order valence-corrected chi connectivity index (χ1v) is 8.51. The third kappa shape index (κ3) is 5.32. The van der Waals surface area contributed by atoms with Crippen molar-refractivity contribution in [1.29, 1.82) is 0 Å². The van der Waals surface area contributed by atoms with E-state index in [-0.39, 0.29) is 17.7 Å². The molecule has 5 nitrogen and oxygen atoms in total. The number of carbonyl (C=O) groups is 2. The molecule has 2 rings (SSSR count). The second-order valence-corrected chi connectivity index (χ2v) is 6.12. The van der Waals surface area contributed by atoms with Crippen LogP contribution in [0.5, 0.6) is 0 Å². The van der Waals surface area contributed by atoms with Crippen molar-refractivity contribution in [3.8, 4) is 0 Å². The molecule has 0 bridgehead atoms. The van der Waals surface area contributed by atoms with Crippen LogP contribution >= 0.6 is 12.2 Å². The standard InChI is InChI=1S/C17H23N3O2S/c1-2-18-15(21)13-8-10-14(11-9-13)19-17(23)20-16(22)12-6-4-3-5-7-12/h8-12H,2-7H2,1H3,(H,18,21)(H2,19,20,22,23). The van der Waals surface area contributed by atoms with Gasteiger partial charge in [0, 0.05) is 23.7 Å². The Morgan fingerprint density at radius 1 is 1.13 bits per heavy atom. The highest BCUT2D eigenvalue weighted by Crippen LogP contribution is 2.23. The minimum Gasteiger partial charge on any atom is -0.352 e. The molecule has 0 spiro atoms. The minimum absolute atomic E-state index is 0.00106. The lowest BCUT2D eigenvalue weighted by molar-refractivity contribution is -0.124. The molecule has 1 aromatic carbocycles. The molecule has 124 valence electrons. The molecule has 0 aliphatic heterocycles. The largest absolute Gasteiger partial charge is 0.352 e. The van der Waals surface area contributed by atoms with Crippen molar-refractivity contribution in [2.24, 2.45) is 5.92 Å². The molecule has 1 saturated carbocycles. The average Bonchev–Trinajstić information content (AvgIpc) is 2.56. The van der Waals surface area contributed by atoms with Gasteiger partial charge in [-0.25, -0.2) is 0 Å².